The van der Waals surface area contributed by atoms with E-state index in [1.807, 2.05) is 12.1 Å². The highest BCUT2D eigenvalue weighted by atomic mass is 79.9. The van der Waals surface area contributed by atoms with Crippen LogP contribution in [0.3, 0.4) is 0 Å². The summed E-state index contributed by atoms with van der Waals surface area (Å²) in [6.07, 6.45) is 2.09. The number of benzene rings is 2. The maximum atomic E-state index is 13.3. The third-order valence-electron chi connectivity index (χ3n) is 3.94. The van der Waals surface area contributed by atoms with Crippen molar-refractivity contribution in [2.24, 2.45) is 0 Å². The van der Waals surface area contributed by atoms with Crippen LogP contribution in [-0.4, -0.2) is 6.04 Å². The highest BCUT2D eigenvalue weighted by Gasteiger charge is 2.31. The molecule has 106 valence electrons. The van der Waals surface area contributed by atoms with E-state index in [1.54, 1.807) is 12.1 Å². The third-order valence-corrected chi connectivity index (χ3v) is 4.66. The van der Waals surface area contributed by atoms with Gasteiger partial charge in [0.25, 0.3) is 0 Å². The molecular weight excluding hydrogens is 331 g/mol. The van der Waals surface area contributed by atoms with Gasteiger partial charge in [0.15, 0.2) is 0 Å². The van der Waals surface area contributed by atoms with E-state index in [2.05, 4.69) is 39.4 Å². The van der Waals surface area contributed by atoms with Gasteiger partial charge in [-0.2, -0.15) is 5.26 Å². The van der Waals surface area contributed by atoms with Gasteiger partial charge in [0.2, 0.25) is 0 Å². The average Bonchev–Trinajstić information content (AvgIpc) is 2.45. The lowest BCUT2D eigenvalue weighted by Crippen LogP contribution is -2.34. The first-order valence-corrected chi connectivity index (χ1v) is 7.67. The monoisotopic (exact) mass is 344 g/mol. The second kappa shape index (κ2) is 5.87. The molecule has 1 aliphatic rings. The Morgan fingerprint density at radius 1 is 1.19 bits per heavy atom. The number of halogens is 2. The van der Waals surface area contributed by atoms with Crippen molar-refractivity contribution in [3.63, 3.8) is 0 Å². The largest absolute Gasteiger partial charge is 0.382 e. The molecule has 0 radical (unpaired) electrons. The Balaban J connectivity index is 1.63. The summed E-state index contributed by atoms with van der Waals surface area (Å²) in [5, 5.41) is 12.2. The van der Waals surface area contributed by atoms with E-state index in [0.717, 1.165) is 23.0 Å². The van der Waals surface area contributed by atoms with Crippen LogP contribution in [0.25, 0.3) is 0 Å². The van der Waals surface area contributed by atoms with Crippen molar-refractivity contribution in [1.29, 1.82) is 5.26 Å². The lowest BCUT2D eigenvalue weighted by Gasteiger charge is -2.37. The van der Waals surface area contributed by atoms with Gasteiger partial charge in [-0.3, -0.25) is 0 Å². The van der Waals surface area contributed by atoms with Crippen molar-refractivity contribution in [2.75, 3.05) is 5.32 Å². The third kappa shape index (κ3) is 2.93. The zero-order valence-electron chi connectivity index (χ0n) is 11.3. The summed E-state index contributed by atoms with van der Waals surface area (Å²) < 4.78 is 14.4. The lowest BCUT2D eigenvalue weighted by molar-refractivity contribution is 0.373. The van der Waals surface area contributed by atoms with Crippen LogP contribution in [0.2, 0.25) is 0 Å². The molecule has 0 unspecified atom stereocenters. The van der Waals surface area contributed by atoms with Crippen LogP contribution in [0.15, 0.2) is 46.9 Å². The average molecular weight is 345 g/mol. The molecule has 1 aliphatic carbocycles. The molecule has 0 bridgehead atoms. The molecule has 21 heavy (non-hydrogen) atoms. The van der Waals surface area contributed by atoms with Crippen molar-refractivity contribution in [3.8, 4) is 6.07 Å². The van der Waals surface area contributed by atoms with Crippen LogP contribution in [0.1, 0.15) is 29.9 Å². The Bertz CT molecular complexity index is 702. The predicted molar refractivity (Wildman–Crippen MR) is 84.6 cm³/mol. The second-order valence-electron chi connectivity index (χ2n) is 5.34. The van der Waals surface area contributed by atoms with Gasteiger partial charge in [-0.15, -0.1) is 0 Å². The van der Waals surface area contributed by atoms with Crippen molar-refractivity contribution >= 4 is 21.6 Å². The van der Waals surface area contributed by atoms with Gasteiger partial charge in [-0.25, -0.2) is 4.39 Å². The molecule has 0 saturated heterocycles. The van der Waals surface area contributed by atoms with E-state index in [-0.39, 0.29) is 5.56 Å². The van der Waals surface area contributed by atoms with Crippen LogP contribution < -0.4 is 5.32 Å². The summed E-state index contributed by atoms with van der Waals surface area (Å²) in [5.74, 6) is 0.0803. The number of hydrogen-bond acceptors (Lipinski definition) is 2. The Morgan fingerprint density at radius 2 is 1.95 bits per heavy atom. The van der Waals surface area contributed by atoms with Gasteiger partial charge >= 0.3 is 0 Å². The predicted octanol–water partition coefficient (Wildman–Crippen LogP) is 4.82. The number of hydrogen-bond donors (Lipinski definition) is 1. The Kier molecular flexibility index (Phi) is 3.94. The first kappa shape index (κ1) is 14.1. The molecule has 0 spiro atoms. The van der Waals surface area contributed by atoms with Gasteiger partial charge in [0, 0.05) is 16.2 Å². The van der Waals surface area contributed by atoms with Crippen LogP contribution >= 0.6 is 15.9 Å². The molecule has 2 aromatic rings. The molecule has 0 atom stereocenters. The first-order chi connectivity index (χ1) is 10.2. The standard InChI is InChI=1S/C17H14BrFN2/c18-16-4-2-1-3-15(16)11-7-14(8-11)21-13-5-6-17(19)12(9-13)10-20/h1-6,9,11,14,21H,7-8H2. The SMILES string of the molecule is N#Cc1cc(NC2CC(c3ccccc3Br)C2)ccc1F. The van der Waals surface area contributed by atoms with E-state index in [0.29, 0.717) is 12.0 Å². The number of nitriles is 1. The molecule has 1 fully saturated rings. The fraction of sp³-hybridized carbons (Fsp3) is 0.235. The van der Waals surface area contributed by atoms with E-state index in [4.69, 9.17) is 5.26 Å². The second-order valence-corrected chi connectivity index (χ2v) is 6.19. The zero-order valence-corrected chi connectivity index (χ0v) is 12.9. The molecular formula is C17H14BrFN2. The highest BCUT2D eigenvalue weighted by molar-refractivity contribution is 9.10. The minimum atomic E-state index is -0.470. The maximum absolute atomic E-state index is 13.3. The highest BCUT2D eigenvalue weighted by Crippen LogP contribution is 2.41. The van der Waals surface area contributed by atoms with Crippen molar-refractivity contribution < 1.29 is 4.39 Å². The van der Waals surface area contributed by atoms with E-state index >= 15 is 0 Å². The van der Waals surface area contributed by atoms with Gasteiger partial charge in [-0.1, -0.05) is 34.1 Å². The number of rotatable bonds is 3. The maximum Gasteiger partial charge on any atom is 0.141 e. The zero-order chi connectivity index (χ0) is 14.8. The summed E-state index contributed by atoms with van der Waals surface area (Å²) in [6.45, 7) is 0. The summed E-state index contributed by atoms with van der Waals surface area (Å²) in [7, 11) is 0. The van der Waals surface area contributed by atoms with Crippen LogP contribution in [-0.2, 0) is 0 Å². The molecule has 3 rings (SSSR count). The van der Waals surface area contributed by atoms with Crippen molar-refractivity contribution in [1.82, 2.24) is 0 Å². The normalized spacial score (nSPS) is 20.4. The number of anilines is 1. The van der Waals surface area contributed by atoms with Crippen LogP contribution in [0.5, 0.6) is 0 Å². The molecule has 1 N–H and O–H groups in total. The van der Waals surface area contributed by atoms with Crippen molar-refractivity contribution in [2.45, 2.75) is 24.8 Å². The van der Waals surface area contributed by atoms with Gasteiger partial charge in [0.05, 0.1) is 5.56 Å². The minimum Gasteiger partial charge on any atom is -0.382 e. The molecule has 2 nitrogen and oxygen atoms in total. The molecule has 0 aliphatic heterocycles. The van der Waals surface area contributed by atoms with Gasteiger partial charge in [-0.05, 0) is 48.6 Å². The van der Waals surface area contributed by atoms with E-state index < -0.39 is 5.82 Å². The van der Waals surface area contributed by atoms with Gasteiger partial charge in [0.1, 0.15) is 11.9 Å². The lowest BCUT2D eigenvalue weighted by atomic mass is 9.76. The Labute approximate surface area is 131 Å². The summed E-state index contributed by atoms with van der Waals surface area (Å²) in [6, 6.07) is 15.1. The van der Waals surface area contributed by atoms with Crippen LogP contribution in [0.4, 0.5) is 10.1 Å². The summed E-state index contributed by atoms with van der Waals surface area (Å²) >= 11 is 3.59. The Morgan fingerprint density at radius 3 is 2.67 bits per heavy atom. The molecule has 2 aromatic carbocycles. The molecule has 4 heteroatoms. The fourth-order valence-corrected chi connectivity index (χ4v) is 3.34. The minimum absolute atomic E-state index is 0.0849. The topological polar surface area (TPSA) is 35.8 Å². The van der Waals surface area contributed by atoms with E-state index in [1.165, 1.54) is 11.6 Å². The van der Waals surface area contributed by atoms with E-state index in [9.17, 15) is 4.39 Å². The van der Waals surface area contributed by atoms with Crippen molar-refractivity contribution in [3.05, 3.63) is 63.9 Å². The molecule has 0 amide bonds. The summed E-state index contributed by atoms with van der Waals surface area (Å²) in [4.78, 5) is 0. The van der Waals surface area contributed by atoms with Crippen LogP contribution in [0, 0.1) is 17.1 Å². The van der Waals surface area contributed by atoms with Gasteiger partial charge < -0.3 is 5.32 Å². The number of nitrogens with zero attached hydrogens (tertiary/aromatic N) is 1. The first-order valence-electron chi connectivity index (χ1n) is 6.88. The molecule has 0 heterocycles. The molecule has 1 saturated carbocycles. The molecule has 0 aromatic heterocycles. The number of nitrogens with one attached hydrogen (secondary N) is 1. The quantitative estimate of drug-likeness (QED) is 0.866. The fourth-order valence-electron chi connectivity index (χ4n) is 2.73. The Hall–Kier alpha value is -1.86. The summed E-state index contributed by atoms with van der Waals surface area (Å²) in [5.41, 5.74) is 2.23. The smallest absolute Gasteiger partial charge is 0.141 e.